The van der Waals surface area contributed by atoms with Gasteiger partial charge in [-0.15, -0.1) is 13.2 Å². The van der Waals surface area contributed by atoms with E-state index in [0.29, 0.717) is 5.71 Å². The standard InChI is InChI=1S/C5H8FN.C2H4/c1-4(6)5(2)7-3;1-2/h1H2,2-3H3;1-2H2. The quantitative estimate of drug-likeness (QED) is 0.380. The number of nitrogens with zero attached hydrogens (tertiary/aromatic N) is 1. The smallest absolute Gasteiger partial charge is 0.136 e. The molecular weight excluding hydrogens is 117 g/mol. The Balaban J connectivity index is 0. The molecule has 0 aromatic heterocycles. The number of allylic oxidation sites excluding steroid dienone is 1. The molecule has 0 N–H and O–H groups in total. The first-order valence-electron chi connectivity index (χ1n) is 2.46. The second kappa shape index (κ2) is 7.08. The van der Waals surface area contributed by atoms with E-state index in [1.165, 1.54) is 7.05 Å². The summed E-state index contributed by atoms with van der Waals surface area (Å²) >= 11 is 0. The van der Waals surface area contributed by atoms with Crippen LogP contribution >= 0.6 is 0 Å². The highest BCUT2D eigenvalue weighted by molar-refractivity contribution is 5.95. The van der Waals surface area contributed by atoms with Gasteiger partial charge in [-0.25, -0.2) is 4.39 Å². The molecule has 0 aliphatic carbocycles. The predicted molar refractivity (Wildman–Crippen MR) is 40.5 cm³/mol. The van der Waals surface area contributed by atoms with Crippen molar-refractivity contribution >= 4 is 5.71 Å². The molecule has 0 aliphatic heterocycles. The van der Waals surface area contributed by atoms with Crippen molar-refractivity contribution in [1.82, 2.24) is 0 Å². The zero-order valence-corrected chi connectivity index (χ0v) is 5.95. The first-order chi connectivity index (χ1) is 4.18. The molecule has 0 spiro atoms. The molecule has 1 nitrogen and oxygen atoms in total. The minimum absolute atomic E-state index is 0.361. The monoisotopic (exact) mass is 129 g/mol. The average Bonchev–Trinajstić information content (AvgIpc) is 1.91. The first-order valence-corrected chi connectivity index (χ1v) is 2.46. The van der Waals surface area contributed by atoms with Gasteiger partial charge in [0.25, 0.3) is 0 Å². The summed E-state index contributed by atoms with van der Waals surface area (Å²) < 4.78 is 11.8. The van der Waals surface area contributed by atoms with Crippen molar-refractivity contribution in [2.45, 2.75) is 6.92 Å². The van der Waals surface area contributed by atoms with Gasteiger partial charge in [-0.1, -0.05) is 6.58 Å². The molecular formula is C7H12FN. The number of hydrogen-bond donors (Lipinski definition) is 0. The molecule has 0 radical (unpaired) electrons. The maximum atomic E-state index is 11.8. The lowest BCUT2D eigenvalue weighted by atomic mass is 10.4. The Labute approximate surface area is 55.6 Å². The van der Waals surface area contributed by atoms with Crippen LogP contribution in [0.25, 0.3) is 0 Å². The highest BCUT2D eigenvalue weighted by atomic mass is 19.1. The van der Waals surface area contributed by atoms with E-state index in [1.54, 1.807) is 6.92 Å². The minimum Gasteiger partial charge on any atom is -0.290 e. The van der Waals surface area contributed by atoms with Crippen LogP contribution in [0.15, 0.2) is 30.6 Å². The molecule has 0 aliphatic rings. The molecule has 2 heteroatoms. The number of hydrogen-bond acceptors (Lipinski definition) is 1. The zero-order valence-electron chi connectivity index (χ0n) is 5.95. The van der Waals surface area contributed by atoms with Crippen LogP contribution in [0.3, 0.4) is 0 Å². The summed E-state index contributed by atoms with van der Waals surface area (Å²) in [6, 6.07) is 0. The lowest BCUT2D eigenvalue weighted by molar-refractivity contribution is 0.684. The van der Waals surface area contributed by atoms with E-state index in [-0.39, 0.29) is 0 Å². The fourth-order valence-corrected chi connectivity index (χ4v) is 0.121. The average molecular weight is 129 g/mol. The molecule has 0 aromatic rings. The molecule has 52 valence electrons. The lowest BCUT2D eigenvalue weighted by Gasteiger charge is -1.86. The highest BCUT2D eigenvalue weighted by Gasteiger charge is 1.89. The topological polar surface area (TPSA) is 12.4 Å². The summed E-state index contributed by atoms with van der Waals surface area (Å²) in [5.74, 6) is -0.456. The second-order valence-electron chi connectivity index (χ2n) is 1.21. The predicted octanol–water partition coefficient (Wildman–Crippen LogP) is 2.36. The maximum absolute atomic E-state index is 11.8. The van der Waals surface area contributed by atoms with E-state index in [1.807, 2.05) is 0 Å². The van der Waals surface area contributed by atoms with Gasteiger partial charge in [0.2, 0.25) is 0 Å². The van der Waals surface area contributed by atoms with E-state index in [2.05, 4.69) is 24.7 Å². The molecule has 0 unspecified atom stereocenters. The Morgan fingerprint density at radius 2 is 1.78 bits per heavy atom. The van der Waals surface area contributed by atoms with E-state index in [9.17, 15) is 4.39 Å². The van der Waals surface area contributed by atoms with Crippen LogP contribution in [0, 0.1) is 0 Å². The summed E-state index contributed by atoms with van der Waals surface area (Å²) in [6.45, 7) is 10.6. The molecule has 0 saturated heterocycles. The zero-order chi connectivity index (χ0) is 7.86. The summed E-state index contributed by atoms with van der Waals surface area (Å²) in [5, 5.41) is 0. The Bertz CT molecular complexity index is 116. The van der Waals surface area contributed by atoms with Gasteiger partial charge >= 0.3 is 0 Å². The van der Waals surface area contributed by atoms with Gasteiger partial charge in [0.1, 0.15) is 5.83 Å². The molecule has 0 aromatic carbocycles. The Kier molecular flexibility index (Phi) is 8.62. The Hall–Kier alpha value is -0.920. The summed E-state index contributed by atoms with van der Waals surface area (Å²) in [4.78, 5) is 3.53. The van der Waals surface area contributed by atoms with Crippen LogP contribution < -0.4 is 0 Å². The van der Waals surface area contributed by atoms with Crippen molar-refractivity contribution < 1.29 is 4.39 Å². The van der Waals surface area contributed by atoms with Crippen molar-refractivity contribution in [3.8, 4) is 0 Å². The minimum atomic E-state index is -0.456. The van der Waals surface area contributed by atoms with E-state index < -0.39 is 5.83 Å². The summed E-state index contributed by atoms with van der Waals surface area (Å²) in [5.41, 5.74) is 0.361. The number of halogens is 1. The largest absolute Gasteiger partial charge is 0.290 e. The third-order valence-corrected chi connectivity index (χ3v) is 0.728. The van der Waals surface area contributed by atoms with Crippen molar-refractivity contribution in [2.24, 2.45) is 4.99 Å². The van der Waals surface area contributed by atoms with Gasteiger partial charge in [0, 0.05) is 7.05 Å². The van der Waals surface area contributed by atoms with Crippen molar-refractivity contribution in [3.05, 3.63) is 25.6 Å². The molecule has 0 heterocycles. The third-order valence-electron chi connectivity index (χ3n) is 0.728. The molecule has 0 fully saturated rings. The van der Waals surface area contributed by atoms with Crippen LogP contribution in [0.2, 0.25) is 0 Å². The van der Waals surface area contributed by atoms with Gasteiger partial charge in [0.05, 0.1) is 5.71 Å². The van der Waals surface area contributed by atoms with E-state index in [0.717, 1.165) is 0 Å². The summed E-state index contributed by atoms with van der Waals surface area (Å²) in [7, 11) is 1.53. The molecule has 9 heavy (non-hydrogen) atoms. The number of aliphatic imine (C=N–C) groups is 1. The lowest BCUT2D eigenvalue weighted by Crippen LogP contribution is -1.87. The molecule has 0 amide bonds. The Morgan fingerprint density at radius 3 is 1.78 bits per heavy atom. The fourth-order valence-electron chi connectivity index (χ4n) is 0.121. The van der Waals surface area contributed by atoms with Crippen molar-refractivity contribution in [3.63, 3.8) is 0 Å². The molecule has 0 atom stereocenters. The summed E-state index contributed by atoms with van der Waals surface area (Å²) in [6.07, 6.45) is 0. The second-order valence-corrected chi connectivity index (χ2v) is 1.21. The molecule has 0 saturated carbocycles. The van der Waals surface area contributed by atoms with Gasteiger partial charge in [-0.3, -0.25) is 4.99 Å². The number of rotatable bonds is 1. The van der Waals surface area contributed by atoms with Crippen LogP contribution in [-0.2, 0) is 0 Å². The van der Waals surface area contributed by atoms with Crippen LogP contribution in [0.4, 0.5) is 4.39 Å². The van der Waals surface area contributed by atoms with Crippen LogP contribution in [-0.4, -0.2) is 12.8 Å². The van der Waals surface area contributed by atoms with Gasteiger partial charge in [-0.2, -0.15) is 0 Å². The fraction of sp³-hybridized carbons (Fsp3) is 0.286. The van der Waals surface area contributed by atoms with Crippen LogP contribution in [0.1, 0.15) is 6.92 Å². The maximum Gasteiger partial charge on any atom is 0.136 e. The first kappa shape index (κ1) is 11.0. The normalized spacial score (nSPS) is 9.44. The van der Waals surface area contributed by atoms with E-state index >= 15 is 0 Å². The van der Waals surface area contributed by atoms with E-state index in [4.69, 9.17) is 0 Å². The molecule has 0 rings (SSSR count). The SMILES string of the molecule is C=C.C=C(F)C(C)=NC. The van der Waals surface area contributed by atoms with Crippen LogP contribution in [0.5, 0.6) is 0 Å². The van der Waals surface area contributed by atoms with Gasteiger partial charge in [0.15, 0.2) is 0 Å². The third kappa shape index (κ3) is 7.08. The van der Waals surface area contributed by atoms with Crippen molar-refractivity contribution in [1.29, 1.82) is 0 Å². The Morgan fingerprint density at radius 1 is 1.44 bits per heavy atom. The van der Waals surface area contributed by atoms with Gasteiger partial charge < -0.3 is 0 Å². The van der Waals surface area contributed by atoms with Crippen molar-refractivity contribution in [2.75, 3.05) is 7.05 Å². The highest BCUT2D eigenvalue weighted by Crippen LogP contribution is 1.92. The molecule has 0 bridgehead atoms. The van der Waals surface area contributed by atoms with Gasteiger partial charge in [-0.05, 0) is 6.92 Å².